The van der Waals surface area contributed by atoms with Gasteiger partial charge in [0, 0.05) is 11.4 Å². The van der Waals surface area contributed by atoms with E-state index in [2.05, 4.69) is 34.1 Å². The van der Waals surface area contributed by atoms with E-state index in [9.17, 15) is 9.59 Å². The molecule has 0 unspecified atom stereocenters. The minimum absolute atomic E-state index is 0.128. The third-order valence-corrected chi connectivity index (χ3v) is 5.46. The van der Waals surface area contributed by atoms with Crippen molar-refractivity contribution in [2.75, 3.05) is 11.1 Å². The number of benzene rings is 1. The molecule has 146 valence electrons. The molecule has 1 amide bonds. The molecule has 0 saturated carbocycles. The first kappa shape index (κ1) is 20.1. The van der Waals surface area contributed by atoms with Crippen molar-refractivity contribution < 1.29 is 4.79 Å². The van der Waals surface area contributed by atoms with Gasteiger partial charge in [-0.15, -0.1) is 0 Å². The SMILES string of the molecule is CCc1cccc(CC)c1NC(=O)CSc1nc2nc(C)cc(C)c2c(=O)[nH]1. The van der Waals surface area contributed by atoms with Crippen LogP contribution in [-0.2, 0) is 17.6 Å². The molecule has 0 spiro atoms. The zero-order valence-corrected chi connectivity index (χ0v) is 17.4. The van der Waals surface area contributed by atoms with Gasteiger partial charge >= 0.3 is 0 Å². The topological polar surface area (TPSA) is 87.7 Å². The summed E-state index contributed by atoms with van der Waals surface area (Å²) < 4.78 is 0. The molecule has 0 aliphatic carbocycles. The summed E-state index contributed by atoms with van der Waals surface area (Å²) in [7, 11) is 0. The number of nitrogens with one attached hydrogen (secondary N) is 2. The van der Waals surface area contributed by atoms with Crippen LogP contribution in [0.4, 0.5) is 5.69 Å². The van der Waals surface area contributed by atoms with E-state index in [1.807, 2.05) is 38.1 Å². The zero-order valence-electron chi connectivity index (χ0n) is 16.5. The molecule has 2 heterocycles. The molecule has 1 aromatic carbocycles. The lowest BCUT2D eigenvalue weighted by atomic mass is 10.0. The summed E-state index contributed by atoms with van der Waals surface area (Å²) >= 11 is 1.20. The molecule has 0 radical (unpaired) electrons. The molecule has 0 aliphatic rings. The van der Waals surface area contributed by atoms with E-state index in [1.54, 1.807) is 0 Å². The lowest BCUT2D eigenvalue weighted by Gasteiger charge is -2.14. The molecule has 6 nitrogen and oxygen atoms in total. The number of aryl methyl sites for hydroxylation is 4. The Kier molecular flexibility index (Phi) is 6.14. The van der Waals surface area contributed by atoms with E-state index in [4.69, 9.17) is 0 Å². The van der Waals surface area contributed by atoms with Crippen LogP contribution < -0.4 is 10.9 Å². The summed E-state index contributed by atoms with van der Waals surface area (Å²) in [6.45, 7) is 7.87. The monoisotopic (exact) mass is 396 g/mol. The number of anilines is 1. The van der Waals surface area contributed by atoms with Crippen molar-refractivity contribution >= 4 is 34.4 Å². The van der Waals surface area contributed by atoms with Gasteiger partial charge in [0.15, 0.2) is 10.8 Å². The summed E-state index contributed by atoms with van der Waals surface area (Å²) in [4.78, 5) is 36.4. The predicted octanol–water partition coefficient (Wildman–Crippen LogP) is 3.79. The normalized spacial score (nSPS) is 11.0. The van der Waals surface area contributed by atoms with Gasteiger partial charge in [-0.1, -0.05) is 43.8 Å². The maximum Gasteiger partial charge on any atom is 0.261 e. The molecule has 0 saturated heterocycles. The van der Waals surface area contributed by atoms with E-state index < -0.39 is 0 Å². The Morgan fingerprint density at radius 3 is 2.46 bits per heavy atom. The van der Waals surface area contributed by atoms with Gasteiger partial charge in [-0.2, -0.15) is 0 Å². The summed E-state index contributed by atoms with van der Waals surface area (Å²) in [5, 5.41) is 3.91. The van der Waals surface area contributed by atoms with Gasteiger partial charge in [0.05, 0.1) is 11.1 Å². The number of hydrogen-bond acceptors (Lipinski definition) is 5. The lowest BCUT2D eigenvalue weighted by Crippen LogP contribution is -2.18. The Hall–Kier alpha value is -2.67. The van der Waals surface area contributed by atoms with Gasteiger partial charge in [0.25, 0.3) is 5.56 Å². The van der Waals surface area contributed by atoms with Crippen LogP contribution in [0.15, 0.2) is 34.2 Å². The average Bonchev–Trinajstić information content (AvgIpc) is 2.65. The Morgan fingerprint density at radius 2 is 1.82 bits per heavy atom. The quantitative estimate of drug-likeness (QED) is 0.489. The summed E-state index contributed by atoms with van der Waals surface area (Å²) in [6.07, 6.45) is 1.70. The fourth-order valence-electron chi connectivity index (χ4n) is 3.24. The highest BCUT2D eigenvalue weighted by atomic mass is 32.2. The minimum atomic E-state index is -0.234. The lowest BCUT2D eigenvalue weighted by molar-refractivity contribution is -0.113. The summed E-state index contributed by atoms with van der Waals surface area (Å²) in [5.41, 5.74) is 4.95. The van der Waals surface area contributed by atoms with Crippen LogP contribution >= 0.6 is 11.8 Å². The van der Waals surface area contributed by atoms with Crippen LogP contribution in [0.3, 0.4) is 0 Å². The number of thioether (sulfide) groups is 1. The standard InChI is InChI=1S/C21H24N4O2S/c1-5-14-8-7-9-15(6-2)18(14)23-16(26)11-28-21-24-19-17(20(27)25-21)12(3)10-13(4)22-19/h7-10H,5-6,11H2,1-4H3,(H,23,26)(H,22,24,25,27). The number of aromatic amines is 1. The number of fused-ring (bicyclic) bond motifs is 1. The number of para-hydroxylation sites is 1. The Morgan fingerprint density at radius 1 is 1.14 bits per heavy atom. The Balaban J connectivity index is 1.78. The molecule has 3 rings (SSSR count). The second-order valence-electron chi connectivity index (χ2n) is 6.65. The zero-order chi connectivity index (χ0) is 20.3. The van der Waals surface area contributed by atoms with Crippen LogP contribution in [0.25, 0.3) is 11.0 Å². The maximum absolute atomic E-state index is 12.5. The van der Waals surface area contributed by atoms with Crippen LogP contribution in [0.5, 0.6) is 0 Å². The highest BCUT2D eigenvalue weighted by molar-refractivity contribution is 7.99. The summed E-state index contributed by atoms with van der Waals surface area (Å²) in [5.74, 6) is 0.0252. The summed E-state index contributed by atoms with van der Waals surface area (Å²) in [6, 6.07) is 7.93. The second-order valence-corrected chi connectivity index (χ2v) is 7.61. The van der Waals surface area contributed by atoms with E-state index in [0.717, 1.165) is 40.9 Å². The number of pyridine rings is 1. The average molecular weight is 397 g/mol. The van der Waals surface area contributed by atoms with Crippen LogP contribution in [0, 0.1) is 13.8 Å². The van der Waals surface area contributed by atoms with Crippen molar-refractivity contribution in [3.8, 4) is 0 Å². The van der Waals surface area contributed by atoms with Gasteiger partial charge in [0.1, 0.15) is 0 Å². The van der Waals surface area contributed by atoms with Crippen LogP contribution in [0.2, 0.25) is 0 Å². The number of nitrogens with zero attached hydrogens (tertiary/aromatic N) is 2. The van der Waals surface area contributed by atoms with Crippen LogP contribution in [-0.4, -0.2) is 26.6 Å². The predicted molar refractivity (Wildman–Crippen MR) is 114 cm³/mol. The van der Waals surface area contributed by atoms with Gasteiger partial charge in [0.2, 0.25) is 5.91 Å². The van der Waals surface area contributed by atoms with Crippen LogP contribution in [0.1, 0.15) is 36.2 Å². The van der Waals surface area contributed by atoms with Gasteiger partial charge in [-0.05, 0) is 49.4 Å². The number of hydrogen-bond donors (Lipinski definition) is 2. The van der Waals surface area contributed by atoms with Crippen molar-refractivity contribution in [2.24, 2.45) is 0 Å². The highest BCUT2D eigenvalue weighted by Gasteiger charge is 2.13. The third kappa shape index (κ3) is 4.25. The van der Waals surface area contributed by atoms with Crippen molar-refractivity contribution in [2.45, 2.75) is 45.7 Å². The molecule has 0 fully saturated rings. The first-order valence-corrected chi connectivity index (χ1v) is 10.3. The van der Waals surface area contributed by atoms with Crippen molar-refractivity contribution in [3.63, 3.8) is 0 Å². The number of amides is 1. The number of aromatic nitrogens is 3. The van der Waals surface area contributed by atoms with Crippen molar-refractivity contribution in [3.05, 3.63) is 57.0 Å². The first-order chi connectivity index (χ1) is 13.4. The molecule has 0 atom stereocenters. The minimum Gasteiger partial charge on any atom is -0.325 e. The smallest absolute Gasteiger partial charge is 0.261 e. The van der Waals surface area contributed by atoms with E-state index in [1.165, 1.54) is 11.8 Å². The van der Waals surface area contributed by atoms with Gasteiger partial charge in [-0.25, -0.2) is 9.97 Å². The fourth-order valence-corrected chi connectivity index (χ4v) is 3.90. The molecule has 2 aromatic heterocycles. The van der Waals surface area contributed by atoms with Gasteiger partial charge < -0.3 is 10.3 Å². The van der Waals surface area contributed by atoms with Gasteiger partial charge in [-0.3, -0.25) is 9.59 Å². The molecular weight excluding hydrogens is 372 g/mol. The van der Waals surface area contributed by atoms with E-state index >= 15 is 0 Å². The highest BCUT2D eigenvalue weighted by Crippen LogP contribution is 2.23. The van der Waals surface area contributed by atoms with E-state index in [0.29, 0.717) is 16.2 Å². The molecule has 2 N–H and O–H groups in total. The number of carbonyl (C=O) groups is 1. The Labute approximate surface area is 168 Å². The molecule has 3 aromatic rings. The van der Waals surface area contributed by atoms with E-state index in [-0.39, 0.29) is 17.2 Å². The maximum atomic E-state index is 12.5. The third-order valence-electron chi connectivity index (χ3n) is 4.58. The molecule has 28 heavy (non-hydrogen) atoms. The first-order valence-electron chi connectivity index (χ1n) is 9.34. The molecule has 7 heteroatoms. The molecule has 0 bridgehead atoms. The molecular formula is C21H24N4O2S. The second kappa shape index (κ2) is 8.56. The molecule has 0 aliphatic heterocycles. The Bertz CT molecular complexity index is 1070. The number of H-pyrrole nitrogens is 1. The number of carbonyl (C=O) groups excluding carboxylic acids is 1. The van der Waals surface area contributed by atoms with Crippen molar-refractivity contribution in [1.82, 2.24) is 15.0 Å². The number of rotatable bonds is 6. The largest absolute Gasteiger partial charge is 0.325 e. The fraction of sp³-hybridized carbons (Fsp3) is 0.333. The van der Waals surface area contributed by atoms with Crippen molar-refractivity contribution in [1.29, 1.82) is 0 Å².